The minimum absolute atomic E-state index is 0.0355. The van der Waals surface area contributed by atoms with Crippen LogP contribution in [0.25, 0.3) is 0 Å². The third-order valence-corrected chi connectivity index (χ3v) is 0.965. The zero-order valence-corrected chi connectivity index (χ0v) is 5.20. The lowest BCUT2D eigenvalue weighted by Crippen LogP contribution is -2.38. The molecule has 0 amide bonds. The molecule has 0 aliphatic carbocycles. The van der Waals surface area contributed by atoms with Gasteiger partial charge in [-0.15, -0.1) is 11.6 Å². The molecule has 7 heavy (non-hydrogen) atoms. The van der Waals surface area contributed by atoms with Crippen molar-refractivity contribution in [2.24, 2.45) is 5.73 Å². The molecule has 0 aliphatic rings. The van der Waals surface area contributed by atoms with Crippen LogP contribution >= 0.6 is 11.6 Å². The summed E-state index contributed by atoms with van der Waals surface area (Å²) in [5, 5.41) is 2.94. The van der Waals surface area contributed by atoms with Gasteiger partial charge in [0, 0.05) is 0 Å². The van der Waals surface area contributed by atoms with E-state index in [-0.39, 0.29) is 6.17 Å². The highest BCUT2D eigenvalue weighted by atomic mass is 35.5. The smallest absolute Gasteiger partial charge is 0.0685 e. The molecular formula is C4H11ClN2. The van der Waals surface area contributed by atoms with Crippen LogP contribution in [-0.4, -0.2) is 18.6 Å². The molecule has 0 aromatic rings. The molecule has 0 saturated carbocycles. The van der Waals surface area contributed by atoms with E-state index in [4.69, 9.17) is 17.3 Å². The Hall–Kier alpha value is 0.210. The predicted octanol–water partition coefficient (Wildman–Crippen LogP) is 0.120. The van der Waals surface area contributed by atoms with Crippen molar-refractivity contribution in [2.75, 3.05) is 12.4 Å². The van der Waals surface area contributed by atoms with Crippen molar-refractivity contribution in [1.82, 2.24) is 5.32 Å². The highest BCUT2D eigenvalue weighted by molar-refractivity contribution is 6.18. The summed E-state index contributed by atoms with van der Waals surface area (Å²) in [4.78, 5) is 0. The third kappa shape index (κ3) is 4.05. The van der Waals surface area contributed by atoms with Crippen LogP contribution in [0.15, 0.2) is 0 Å². The van der Waals surface area contributed by atoms with Gasteiger partial charge in [0.1, 0.15) is 0 Å². The van der Waals surface area contributed by atoms with Gasteiger partial charge in [-0.3, -0.25) is 0 Å². The van der Waals surface area contributed by atoms with Gasteiger partial charge in [-0.25, -0.2) is 0 Å². The van der Waals surface area contributed by atoms with E-state index in [1.165, 1.54) is 0 Å². The molecule has 3 N–H and O–H groups in total. The molecule has 1 unspecified atom stereocenters. The molecule has 0 radical (unpaired) electrons. The van der Waals surface area contributed by atoms with E-state index in [9.17, 15) is 0 Å². The number of nitrogens with one attached hydrogen (secondary N) is 1. The number of hydrogen-bond acceptors (Lipinski definition) is 2. The number of nitrogens with two attached hydrogens (primary N) is 1. The molecule has 3 heteroatoms. The van der Waals surface area contributed by atoms with Crippen molar-refractivity contribution < 1.29 is 0 Å². The molecule has 0 fully saturated rings. The van der Waals surface area contributed by atoms with Gasteiger partial charge in [0.25, 0.3) is 0 Å². The average molecular weight is 123 g/mol. The van der Waals surface area contributed by atoms with Crippen molar-refractivity contribution in [3.05, 3.63) is 0 Å². The second-order valence-corrected chi connectivity index (χ2v) is 1.63. The first-order valence-corrected chi connectivity index (χ1v) is 2.89. The first-order valence-electron chi connectivity index (χ1n) is 2.36. The summed E-state index contributed by atoms with van der Waals surface area (Å²) in [5.74, 6) is 0.480. The average Bonchev–Trinajstić information content (AvgIpc) is 1.68. The highest BCUT2D eigenvalue weighted by Gasteiger charge is 1.92. The standard InChI is InChI=1S/C4H11ClN2/c1-2-7-4(6)3-5/h4,7H,2-3,6H2,1H3. The Bertz CT molecular complexity index is 40.7. The van der Waals surface area contributed by atoms with Crippen molar-refractivity contribution in [3.8, 4) is 0 Å². The highest BCUT2D eigenvalue weighted by Crippen LogP contribution is 1.75. The van der Waals surface area contributed by atoms with Crippen molar-refractivity contribution in [3.63, 3.8) is 0 Å². The van der Waals surface area contributed by atoms with Gasteiger partial charge in [-0.05, 0) is 6.54 Å². The quantitative estimate of drug-likeness (QED) is 0.412. The second kappa shape index (κ2) is 4.37. The Labute approximate surface area is 49.0 Å². The first kappa shape index (κ1) is 7.21. The Kier molecular flexibility index (Phi) is 4.50. The second-order valence-electron chi connectivity index (χ2n) is 1.32. The normalized spacial score (nSPS) is 14.1. The lowest BCUT2D eigenvalue weighted by molar-refractivity contribution is 0.594. The van der Waals surface area contributed by atoms with Gasteiger partial charge < -0.3 is 11.1 Å². The number of hydrogen-bond donors (Lipinski definition) is 2. The van der Waals surface area contributed by atoms with E-state index in [0.717, 1.165) is 6.54 Å². The summed E-state index contributed by atoms with van der Waals surface area (Å²) in [6, 6.07) is 0. The van der Waals surface area contributed by atoms with E-state index in [2.05, 4.69) is 5.32 Å². The molecule has 0 saturated heterocycles. The SMILES string of the molecule is CCNC(N)CCl. The fourth-order valence-electron chi connectivity index (χ4n) is 0.317. The summed E-state index contributed by atoms with van der Waals surface area (Å²) in [6.45, 7) is 2.88. The summed E-state index contributed by atoms with van der Waals surface area (Å²) in [6.07, 6.45) is -0.0355. The van der Waals surface area contributed by atoms with E-state index < -0.39 is 0 Å². The third-order valence-electron chi connectivity index (χ3n) is 0.633. The Morgan fingerprint density at radius 2 is 2.43 bits per heavy atom. The summed E-state index contributed by atoms with van der Waals surface area (Å²) in [5.41, 5.74) is 5.34. The first-order chi connectivity index (χ1) is 3.31. The topological polar surface area (TPSA) is 38.0 Å². The largest absolute Gasteiger partial charge is 0.315 e. The van der Waals surface area contributed by atoms with Crippen LogP contribution in [0.1, 0.15) is 6.92 Å². The number of rotatable bonds is 3. The molecule has 1 atom stereocenters. The lowest BCUT2D eigenvalue weighted by Gasteiger charge is -2.05. The van der Waals surface area contributed by atoms with E-state index in [0.29, 0.717) is 5.88 Å². The maximum Gasteiger partial charge on any atom is 0.0685 e. The van der Waals surface area contributed by atoms with Crippen molar-refractivity contribution >= 4 is 11.6 Å². The molecule has 0 bridgehead atoms. The van der Waals surface area contributed by atoms with Crippen LogP contribution in [0, 0.1) is 0 Å². The molecule has 0 rings (SSSR count). The Morgan fingerprint density at radius 1 is 1.86 bits per heavy atom. The van der Waals surface area contributed by atoms with Gasteiger partial charge in [0.2, 0.25) is 0 Å². The molecular weight excluding hydrogens is 112 g/mol. The van der Waals surface area contributed by atoms with E-state index in [1.54, 1.807) is 0 Å². The van der Waals surface area contributed by atoms with Crippen LogP contribution in [0.2, 0.25) is 0 Å². The predicted molar refractivity (Wildman–Crippen MR) is 32.4 cm³/mol. The number of alkyl halides is 1. The zero-order valence-electron chi connectivity index (χ0n) is 4.45. The molecule has 0 heterocycles. The zero-order chi connectivity index (χ0) is 5.70. The van der Waals surface area contributed by atoms with E-state index >= 15 is 0 Å². The van der Waals surface area contributed by atoms with Crippen LogP contribution in [-0.2, 0) is 0 Å². The van der Waals surface area contributed by atoms with Crippen LogP contribution < -0.4 is 11.1 Å². The lowest BCUT2D eigenvalue weighted by atomic mass is 10.6. The monoisotopic (exact) mass is 122 g/mol. The fourth-order valence-corrected chi connectivity index (χ4v) is 0.426. The summed E-state index contributed by atoms with van der Waals surface area (Å²) >= 11 is 5.34. The van der Waals surface area contributed by atoms with E-state index in [1.807, 2.05) is 6.92 Å². The van der Waals surface area contributed by atoms with Gasteiger partial charge >= 0.3 is 0 Å². The maximum atomic E-state index is 5.34. The fraction of sp³-hybridized carbons (Fsp3) is 1.00. The molecule has 44 valence electrons. The molecule has 2 nitrogen and oxygen atoms in total. The minimum atomic E-state index is -0.0355. The Morgan fingerprint density at radius 3 is 2.57 bits per heavy atom. The molecule has 0 aromatic carbocycles. The summed E-state index contributed by atoms with van der Waals surface area (Å²) in [7, 11) is 0. The molecule has 0 spiro atoms. The molecule has 0 aromatic heterocycles. The van der Waals surface area contributed by atoms with Gasteiger partial charge in [-0.2, -0.15) is 0 Å². The summed E-state index contributed by atoms with van der Waals surface area (Å²) < 4.78 is 0. The van der Waals surface area contributed by atoms with Gasteiger partial charge in [-0.1, -0.05) is 6.92 Å². The van der Waals surface area contributed by atoms with Crippen LogP contribution in [0.3, 0.4) is 0 Å². The van der Waals surface area contributed by atoms with Crippen molar-refractivity contribution in [2.45, 2.75) is 13.1 Å². The number of halogens is 1. The van der Waals surface area contributed by atoms with Crippen LogP contribution in [0.5, 0.6) is 0 Å². The maximum absolute atomic E-state index is 5.34. The minimum Gasteiger partial charge on any atom is -0.315 e. The van der Waals surface area contributed by atoms with Gasteiger partial charge in [0.05, 0.1) is 12.0 Å². The molecule has 0 aliphatic heterocycles. The van der Waals surface area contributed by atoms with Crippen molar-refractivity contribution in [1.29, 1.82) is 0 Å². The van der Waals surface area contributed by atoms with Crippen LogP contribution in [0.4, 0.5) is 0 Å². The Balaban J connectivity index is 2.83. The van der Waals surface area contributed by atoms with Gasteiger partial charge in [0.15, 0.2) is 0 Å².